The van der Waals surface area contributed by atoms with Gasteiger partial charge in [-0.2, -0.15) is 0 Å². The van der Waals surface area contributed by atoms with Crippen LogP contribution in [0.2, 0.25) is 0 Å². The van der Waals surface area contributed by atoms with Crippen LogP contribution in [0.1, 0.15) is 47.0 Å². The van der Waals surface area contributed by atoms with Crippen LogP contribution in [0.15, 0.2) is 0 Å². The minimum absolute atomic E-state index is 0.0201. The van der Waals surface area contributed by atoms with E-state index in [0.717, 1.165) is 19.3 Å². The Balaban J connectivity index is 2.55. The molecule has 0 aromatic rings. The molecule has 0 aromatic heterocycles. The van der Waals surface area contributed by atoms with Crippen LogP contribution in [0, 0.1) is 11.8 Å². The summed E-state index contributed by atoms with van der Waals surface area (Å²) in [5, 5.41) is 9.20. The summed E-state index contributed by atoms with van der Waals surface area (Å²) in [6.07, 6.45) is 2.90. The summed E-state index contributed by atoms with van der Waals surface area (Å²) in [6.45, 7) is 7.91. The lowest BCUT2D eigenvalue weighted by atomic mass is 9.99. The summed E-state index contributed by atoms with van der Waals surface area (Å²) < 4.78 is 5.73. The molecule has 0 bridgehead atoms. The standard InChI is InChI=1S/C12H22O3/c1-8(2)7-9(3)15-12(4,11(13)14)10-5-6-10/h8-10H,5-7H2,1-4H3,(H,13,14). The summed E-state index contributed by atoms with van der Waals surface area (Å²) in [5.74, 6) is -0.0672. The first kappa shape index (κ1) is 12.5. The molecule has 1 rings (SSSR count). The molecule has 0 heterocycles. The van der Waals surface area contributed by atoms with Crippen molar-refractivity contribution < 1.29 is 14.6 Å². The fourth-order valence-corrected chi connectivity index (χ4v) is 2.09. The lowest BCUT2D eigenvalue weighted by Gasteiger charge is -2.29. The van der Waals surface area contributed by atoms with Crippen molar-refractivity contribution in [3.05, 3.63) is 0 Å². The van der Waals surface area contributed by atoms with E-state index in [-0.39, 0.29) is 12.0 Å². The van der Waals surface area contributed by atoms with Gasteiger partial charge in [0.15, 0.2) is 5.60 Å². The fourth-order valence-electron chi connectivity index (χ4n) is 2.09. The largest absolute Gasteiger partial charge is 0.479 e. The molecule has 1 aliphatic rings. The van der Waals surface area contributed by atoms with Crippen LogP contribution >= 0.6 is 0 Å². The monoisotopic (exact) mass is 214 g/mol. The highest BCUT2D eigenvalue weighted by atomic mass is 16.5. The number of ether oxygens (including phenoxy) is 1. The van der Waals surface area contributed by atoms with E-state index in [1.807, 2.05) is 6.92 Å². The molecule has 1 N–H and O–H groups in total. The van der Waals surface area contributed by atoms with Crippen LogP contribution < -0.4 is 0 Å². The average Bonchev–Trinajstić information content (AvgIpc) is 2.82. The van der Waals surface area contributed by atoms with E-state index >= 15 is 0 Å². The van der Waals surface area contributed by atoms with Crippen LogP contribution in [0.3, 0.4) is 0 Å². The molecular weight excluding hydrogens is 192 g/mol. The second kappa shape index (κ2) is 4.52. The van der Waals surface area contributed by atoms with Gasteiger partial charge < -0.3 is 9.84 Å². The van der Waals surface area contributed by atoms with Gasteiger partial charge in [-0.1, -0.05) is 13.8 Å². The van der Waals surface area contributed by atoms with E-state index in [2.05, 4.69) is 13.8 Å². The van der Waals surface area contributed by atoms with E-state index in [9.17, 15) is 9.90 Å². The van der Waals surface area contributed by atoms with Crippen LogP contribution in [-0.4, -0.2) is 22.8 Å². The molecule has 1 aliphatic carbocycles. The number of carbonyl (C=O) groups is 1. The van der Waals surface area contributed by atoms with E-state index in [4.69, 9.17) is 4.74 Å². The van der Waals surface area contributed by atoms with Crippen molar-refractivity contribution in [2.45, 2.75) is 58.7 Å². The molecule has 0 radical (unpaired) electrons. The van der Waals surface area contributed by atoms with Gasteiger partial charge in [-0.15, -0.1) is 0 Å². The maximum atomic E-state index is 11.2. The normalized spacial score (nSPS) is 22.5. The van der Waals surface area contributed by atoms with Crippen LogP contribution in [-0.2, 0) is 9.53 Å². The summed E-state index contributed by atoms with van der Waals surface area (Å²) >= 11 is 0. The Labute approximate surface area is 91.8 Å². The Hall–Kier alpha value is -0.570. The van der Waals surface area contributed by atoms with Gasteiger partial charge in [-0.3, -0.25) is 0 Å². The first-order valence-corrected chi connectivity index (χ1v) is 5.77. The average molecular weight is 214 g/mol. The highest BCUT2D eigenvalue weighted by Crippen LogP contribution is 2.42. The van der Waals surface area contributed by atoms with E-state index in [1.165, 1.54) is 0 Å². The van der Waals surface area contributed by atoms with Crippen molar-refractivity contribution >= 4 is 5.97 Å². The van der Waals surface area contributed by atoms with Crippen LogP contribution in [0.5, 0.6) is 0 Å². The Morgan fingerprint density at radius 3 is 2.33 bits per heavy atom. The Morgan fingerprint density at radius 2 is 2.00 bits per heavy atom. The predicted octanol–water partition coefficient (Wildman–Crippen LogP) is 2.69. The zero-order chi connectivity index (χ0) is 11.6. The van der Waals surface area contributed by atoms with Crippen molar-refractivity contribution in [2.75, 3.05) is 0 Å². The number of hydrogen-bond donors (Lipinski definition) is 1. The lowest BCUT2D eigenvalue weighted by molar-refractivity contribution is -0.174. The molecule has 3 heteroatoms. The SMILES string of the molecule is CC(C)CC(C)OC(C)(C(=O)O)C1CC1. The fraction of sp³-hybridized carbons (Fsp3) is 0.917. The van der Waals surface area contributed by atoms with E-state index in [0.29, 0.717) is 5.92 Å². The maximum absolute atomic E-state index is 11.2. The first-order valence-electron chi connectivity index (χ1n) is 5.77. The Bertz CT molecular complexity index is 233. The zero-order valence-corrected chi connectivity index (χ0v) is 10.1. The second-order valence-corrected chi connectivity index (χ2v) is 5.24. The smallest absolute Gasteiger partial charge is 0.335 e. The molecule has 88 valence electrons. The lowest BCUT2D eigenvalue weighted by Crippen LogP contribution is -2.43. The topological polar surface area (TPSA) is 46.5 Å². The summed E-state index contributed by atoms with van der Waals surface area (Å²) in [4.78, 5) is 11.2. The van der Waals surface area contributed by atoms with Crippen molar-refractivity contribution in [3.63, 3.8) is 0 Å². The Kier molecular flexibility index (Phi) is 3.77. The third kappa shape index (κ3) is 3.20. The number of carboxylic acid groups (broad SMARTS) is 1. The molecule has 2 unspecified atom stereocenters. The molecule has 0 aliphatic heterocycles. The number of carboxylic acids is 1. The highest BCUT2D eigenvalue weighted by molar-refractivity contribution is 5.78. The van der Waals surface area contributed by atoms with Gasteiger partial charge in [0.1, 0.15) is 0 Å². The minimum Gasteiger partial charge on any atom is -0.479 e. The first-order chi connectivity index (χ1) is 6.86. The van der Waals surface area contributed by atoms with Gasteiger partial charge in [0.05, 0.1) is 6.10 Å². The van der Waals surface area contributed by atoms with Crippen LogP contribution in [0.4, 0.5) is 0 Å². The highest BCUT2D eigenvalue weighted by Gasteiger charge is 2.49. The summed E-state index contributed by atoms with van der Waals surface area (Å²) in [5.41, 5.74) is -0.964. The van der Waals surface area contributed by atoms with Gasteiger partial charge in [0, 0.05) is 0 Å². The molecule has 0 amide bonds. The Morgan fingerprint density at radius 1 is 1.47 bits per heavy atom. The summed E-state index contributed by atoms with van der Waals surface area (Å²) in [6, 6.07) is 0. The molecule has 3 nitrogen and oxygen atoms in total. The van der Waals surface area contributed by atoms with Gasteiger partial charge >= 0.3 is 5.97 Å². The maximum Gasteiger partial charge on any atom is 0.335 e. The molecule has 1 fully saturated rings. The molecule has 0 aromatic carbocycles. The molecular formula is C12H22O3. The number of hydrogen-bond acceptors (Lipinski definition) is 2. The molecule has 1 saturated carbocycles. The molecule has 15 heavy (non-hydrogen) atoms. The molecule has 2 atom stereocenters. The van der Waals surface area contributed by atoms with Crippen molar-refractivity contribution in [2.24, 2.45) is 11.8 Å². The van der Waals surface area contributed by atoms with E-state index < -0.39 is 11.6 Å². The number of aliphatic carboxylic acids is 1. The third-order valence-corrected chi connectivity index (χ3v) is 3.03. The van der Waals surface area contributed by atoms with Crippen molar-refractivity contribution in [3.8, 4) is 0 Å². The second-order valence-electron chi connectivity index (χ2n) is 5.24. The number of rotatable bonds is 6. The van der Waals surface area contributed by atoms with Crippen molar-refractivity contribution in [1.29, 1.82) is 0 Å². The molecule has 0 spiro atoms. The zero-order valence-electron chi connectivity index (χ0n) is 10.1. The minimum atomic E-state index is -0.964. The van der Waals surface area contributed by atoms with Gasteiger partial charge in [-0.05, 0) is 44.9 Å². The third-order valence-electron chi connectivity index (χ3n) is 3.03. The molecule has 0 saturated heterocycles. The van der Waals surface area contributed by atoms with Crippen molar-refractivity contribution in [1.82, 2.24) is 0 Å². The van der Waals surface area contributed by atoms with Gasteiger partial charge in [-0.25, -0.2) is 4.79 Å². The summed E-state index contributed by atoms with van der Waals surface area (Å²) in [7, 11) is 0. The predicted molar refractivity (Wildman–Crippen MR) is 58.8 cm³/mol. The van der Waals surface area contributed by atoms with E-state index in [1.54, 1.807) is 6.92 Å². The van der Waals surface area contributed by atoms with Gasteiger partial charge in [0.2, 0.25) is 0 Å². The quantitative estimate of drug-likeness (QED) is 0.739. The van der Waals surface area contributed by atoms with Gasteiger partial charge in [0.25, 0.3) is 0 Å². The van der Waals surface area contributed by atoms with Crippen LogP contribution in [0.25, 0.3) is 0 Å².